The van der Waals surface area contributed by atoms with Crippen molar-refractivity contribution in [1.82, 2.24) is 0 Å². The first-order valence-corrected chi connectivity index (χ1v) is 12.3. The van der Waals surface area contributed by atoms with Crippen molar-refractivity contribution < 1.29 is 17.8 Å². The van der Waals surface area contributed by atoms with Gasteiger partial charge >= 0.3 is 0 Å². The first-order chi connectivity index (χ1) is 16.0. The molecule has 0 spiro atoms. The van der Waals surface area contributed by atoms with E-state index in [1.807, 2.05) is 37.3 Å². The highest BCUT2D eigenvalue weighted by molar-refractivity contribution is 7.85. The Labute approximate surface area is 201 Å². The highest BCUT2D eigenvalue weighted by atomic mass is 32.2. The summed E-state index contributed by atoms with van der Waals surface area (Å²) in [5, 5.41) is 10.2. The third-order valence-corrected chi connectivity index (χ3v) is 5.88. The standard InChI is InChI=1S/C19H23N3O.C7H8O3S/c1-14(23)22-18-11-9-15(10-12-18)5-2-3-6-16-7-4-8-17(13-16)19(20)21;1-6-2-4-7(5-3-6)11(8,9)10/h4,7-13H,2-3,5-6H2,1H3,(H3,20,21)(H,22,23);2-5H,1H3,(H,8,9,10). The molecule has 0 saturated carbocycles. The van der Waals surface area contributed by atoms with E-state index in [4.69, 9.17) is 15.7 Å². The Bertz CT molecular complexity index is 1210. The highest BCUT2D eigenvalue weighted by Gasteiger charge is 2.06. The van der Waals surface area contributed by atoms with E-state index in [1.54, 1.807) is 12.1 Å². The SMILES string of the molecule is CC(=O)Nc1ccc(CCCCc2cccc(C(=N)N)c2)cc1.Cc1ccc(S(=O)(=O)O)cc1. The maximum absolute atomic E-state index is 11.0. The van der Waals surface area contributed by atoms with Crippen LogP contribution in [0.4, 0.5) is 5.69 Å². The van der Waals surface area contributed by atoms with Crippen molar-refractivity contribution in [3.63, 3.8) is 0 Å². The highest BCUT2D eigenvalue weighted by Crippen LogP contribution is 2.14. The van der Waals surface area contributed by atoms with Gasteiger partial charge in [-0.25, -0.2) is 0 Å². The normalized spacial score (nSPS) is 10.7. The monoisotopic (exact) mass is 481 g/mol. The summed E-state index contributed by atoms with van der Waals surface area (Å²) in [4.78, 5) is 10.9. The summed E-state index contributed by atoms with van der Waals surface area (Å²) in [7, 11) is -4.02. The van der Waals surface area contributed by atoms with E-state index in [0.717, 1.165) is 42.5 Å². The molecule has 8 heteroatoms. The van der Waals surface area contributed by atoms with E-state index in [0.29, 0.717) is 0 Å². The summed E-state index contributed by atoms with van der Waals surface area (Å²) in [6.45, 7) is 3.35. The molecule has 3 rings (SSSR count). The van der Waals surface area contributed by atoms with Gasteiger partial charge in [0.1, 0.15) is 5.84 Å². The minimum absolute atomic E-state index is 0.0504. The lowest BCUT2D eigenvalue weighted by molar-refractivity contribution is -0.114. The molecule has 7 nitrogen and oxygen atoms in total. The number of carbonyl (C=O) groups excluding carboxylic acids is 1. The molecular weight excluding hydrogens is 450 g/mol. The molecule has 34 heavy (non-hydrogen) atoms. The van der Waals surface area contributed by atoms with Gasteiger partial charge in [-0.05, 0) is 74.1 Å². The number of hydrogen-bond acceptors (Lipinski definition) is 4. The van der Waals surface area contributed by atoms with Crippen molar-refractivity contribution in [3.8, 4) is 0 Å². The number of carbonyl (C=O) groups is 1. The average Bonchev–Trinajstić information content (AvgIpc) is 2.78. The van der Waals surface area contributed by atoms with Crippen LogP contribution in [0.2, 0.25) is 0 Å². The van der Waals surface area contributed by atoms with Gasteiger partial charge in [0, 0.05) is 18.2 Å². The van der Waals surface area contributed by atoms with Crippen LogP contribution in [0.1, 0.15) is 42.0 Å². The average molecular weight is 482 g/mol. The number of nitrogens with one attached hydrogen (secondary N) is 2. The number of amidine groups is 1. The van der Waals surface area contributed by atoms with Crippen LogP contribution in [0, 0.1) is 12.3 Å². The van der Waals surface area contributed by atoms with Crippen LogP contribution in [0.5, 0.6) is 0 Å². The number of aryl methyl sites for hydroxylation is 3. The van der Waals surface area contributed by atoms with Crippen molar-refractivity contribution >= 4 is 27.5 Å². The van der Waals surface area contributed by atoms with Gasteiger partial charge in [0.05, 0.1) is 4.90 Å². The molecule has 0 aliphatic heterocycles. The van der Waals surface area contributed by atoms with Crippen LogP contribution in [0.15, 0.2) is 77.7 Å². The number of unbranched alkanes of at least 4 members (excludes halogenated alkanes) is 1. The van der Waals surface area contributed by atoms with Gasteiger partial charge in [-0.3, -0.25) is 14.8 Å². The Morgan fingerprint density at radius 3 is 2.06 bits per heavy atom. The molecule has 3 aromatic carbocycles. The fourth-order valence-electron chi connectivity index (χ4n) is 3.22. The third-order valence-electron chi connectivity index (χ3n) is 5.01. The predicted octanol–water partition coefficient (Wildman–Crippen LogP) is 4.74. The zero-order valence-corrected chi connectivity index (χ0v) is 20.2. The molecule has 0 aliphatic carbocycles. The van der Waals surface area contributed by atoms with Gasteiger partial charge < -0.3 is 11.1 Å². The quantitative estimate of drug-likeness (QED) is 0.160. The summed E-state index contributed by atoms with van der Waals surface area (Å²) < 4.78 is 29.6. The lowest BCUT2D eigenvalue weighted by Gasteiger charge is -2.06. The van der Waals surface area contributed by atoms with Crippen molar-refractivity contribution in [2.45, 2.75) is 44.4 Å². The maximum atomic E-state index is 11.0. The minimum Gasteiger partial charge on any atom is -0.384 e. The van der Waals surface area contributed by atoms with Gasteiger partial charge in [-0.2, -0.15) is 8.42 Å². The first-order valence-electron chi connectivity index (χ1n) is 10.9. The molecule has 180 valence electrons. The van der Waals surface area contributed by atoms with Crippen molar-refractivity contribution in [1.29, 1.82) is 5.41 Å². The molecular formula is C26H31N3O4S. The number of hydrogen-bond donors (Lipinski definition) is 4. The van der Waals surface area contributed by atoms with Crippen molar-refractivity contribution in [3.05, 3.63) is 95.1 Å². The van der Waals surface area contributed by atoms with E-state index in [1.165, 1.54) is 30.2 Å². The molecule has 0 bridgehead atoms. The summed E-state index contributed by atoms with van der Waals surface area (Å²) in [6, 6.07) is 21.9. The summed E-state index contributed by atoms with van der Waals surface area (Å²) in [5.74, 6) is 0.0663. The molecule has 0 unspecified atom stereocenters. The molecule has 5 N–H and O–H groups in total. The van der Waals surface area contributed by atoms with E-state index in [9.17, 15) is 13.2 Å². The van der Waals surface area contributed by atoms with E-state index >= 15 is 0 Å². The lowest BCUT2D eigenvalue weighted by atomic mass is 10.0. The van der Waals surface area contributed by atoms with Crippen LogP contribution in [-0.2, 0) is 27.8 Å². The first kappa shape index (κ1) is 26.8. The molecule has 0 heterocycles. The van der Waals surface area contributed by atoms with Gasteiger partial charge in [0.15, 0.2) is 0 Å². The number of nitrogen functional groups attached to an aromatic ring is 1. The van der Waals surface area contributed by atoms with Crippen molar-refractivity contribution in [2.75, 3.05) is 5.32 Å². The third kappa shape index (κ3) is 9.56. The molecule has 0 atom stereocenters. The smallest absolute Gasteiger partial charge is 0.294 e. The number of nitrogens with two attached hydrogens (primary N) is 1. The van der Waals surface area contributed by atoms with Gasteiger partial charge in [-0.15, -0.1) is 0 Å². The Morgan fingerprint density at radius 1 is 0.941 bits per heavy atom. The fourth-order valence-corrected chi connectivity index (χ4v) is 3.70. The largest absolute Gasteiger partial charge is 0.384 e. The van der Waals surface area contributed by atoms with E-state index in [2.05, 4.69) is 23.5 Å². The second-order valence-electron chi connectivity index (χ2n) is 7.99. The summed E-state index contributed by atoms with van der Waals surface area (Å²) in [6.07, 6.45) is 4.20. The second-order valence-corrected chi connectivity index (χ2v) is 9.41. The van der Waals surface area contributed by atoms with E-state index < -0.39 is 10.1 Å². The van der Waals surface area contributed by atoms with E-state index in [-0.39, 0.29) is 16.6 Å². The van der Waals surface area contributed by atoms with Crippen LogP contribution < -0.4 is 11.1 Å². The zero-order chi connectivity index (χ0) is 25.1. The second kappa shape index (κ2) is 12.7. The Kier molecular flexibility index (Phi) is 9.97. The van der Waals surface area contributed by atoms with Crippen LogP contribution in [0.25, 0.3) is 0 Å². The lowest BCUT2D eigenvalue weighted by Crippen LogP contribution is -2.11. The number of benzene rings is 3. The topological polar surface area (TPSA) is 133 Å². The van der Waals surface area contributed by atoms with Crippen LogP contribution >= 0.6 is 0 Å². The Morgan fingerprint density at radius 2 is 1.53 bits per heavy atom. The van der Waals surface area contributed by atoms with Crippen LogP contribution in [0.3, 0.4) is 0 Å². The molecule has 0 fully saturated rings. The minimum atomic E-state index is -4.02. The Balaban J connectivity index is 0.000000310. The van der Waals surface area contributed by atoms with Gasteiger partial charge in [0.2, 0.25) is 5.91 Å². The Hall–Kier alpha value is -3.49. The summed E-state index contributed by atoms with van der Waals surface area (Å²) in [5.41, 5.74) is 10.6. The molecule has 0 radical (unpaired) electrons. The van der Waals surface area contributed by atoms with Crippen molar-refractivity contribution in [2.24, 2.45) is 5.73 Å². The molecule has 0 saturated heterocycles. The number of amides is 1. The molecule has 3 aromatic rings. The molecule has 0 aliphatic rings. The molecule has 0 aromatic heterocycles. The number of anilines is 1. The zero-order valence-electron chi connectivity index (χ0n) is 19.4. The fraction of sp³-hybridized carbons (Fsp3) is 0.231. The molecule has 1 amide bonds. The predicted molar refractivity (Wildman–Crippen MR) is 136 cm³/mol. The van der Waals surface area contributed by atoms with Crippen LogP contribution in [-0.4, -0.2) is 24.7 Å². The number of rotatable bonds is 8. The summed E-state index contributed by atoms with van der Waals surface area (Å²) >= 11 is 0. The van der Waals surface area contributed by atoms with Gasteiger partial charge in [-0.1, -0.05) is 48.0 Å². The maximum Gasteiger partial charge on any atom is 0.294 e. The van der Waals surface area contributed by atoms with Gasteiger partial charge in [0.25, 0.3) is 10.1 Å².